The maximum Gasteiger partial charge on any atom is 0.345 e. The number of hydrogen-bond donors (Lipinski definition) is 0. The second-order valence-corrected chi connectivity index (χ2v) is 3.15. The van der Waals surface area contributed by atoms with Gasteiger partial charge in [0.05, 0.1) is 7.11 Å². The fraction of sp³-hybridized carbons (Fsp3) is 0.417. The van der Waals surface area contributed by atoms with Crippen LogP contribution in [-0.2, 0) is 14.2 Å². The van der Waals surface area contributed by atoms with Gasteiger partial charge in [0.25, 0.3) is 0 Å². The Morgan fingerprint density at radius 2 is 1.56 bits per heavy atom. The normalized spacial score (nSPS) is 9.94. The van der Waals surface area contributed by atoms with Gasteiger partial charge < -0.3 is 23.7 Å². The Hall–Kier alpha value is -1.79. The van der Waals surface area contributed by atoms with Gasteiger partial charge in [-0.2, -0.15) is 0 Å². The standard InChI is InChI=1S/C12H15O6/c1-14-7-17-9-5-4-6-10(18-8-15-2)11(9)12(13)16-3/h5-6H,7-8H2,1-3H3. The van der Waals surface area contributed by atoms with Gasteiger partial charge in [-0.15, -0.1) is 0 Å². The minimum atomic E-state index is -0.568. The molecule has 0 aromatic heterocycles. The zero-order chi connectivity index (χ0) is 13.4. The lowest BCUT2D eigenvalue weighted by Gasteiger charge is -2.13. The van der Waals surface area contributed by atoms with E-state index < -0.39 is 5.97 Å². The SMILES string of the molecule is COCOc1c[c]cc(OCOC)c1C(=O)OC. The van der Waals surface area contributed by atoms with E-state index >= 15 is 0 Å². The first-order chi connectivity index (χ1) is 8.74. The van der Waals surface area contributed by atoms with Gasteiger partial charge in [0.1, 0.15) is 17.1 Å². The molecular weight excluding hydrogens is 240 g/mol. The summed E-state index contributed by atoms with van der Waals surface area (Å²) in [4.78, 5) is 11.7. The monoisotopic (exact) mass is 255 g/mol. The maximum atomic E-state index is 11.7. The zero-order valence-corrected chi connectivity index (χ0v) is 10.5. The minimum absolute atomic E-state index is 0.00552. The van der Waals surface area contributed by atoms with Crippen LogP contribution in [0.15, 0.2) is 12.1 Å². The molecule has 0 aliphatic carbocycles. The number of hydrogen-bond acceptors (Lipinski definition) is 6. The summed E-state index contributed by atoms with van der Waals surface area (Å²) in [5, 5.41) is 0. The van der Waals surface area contributed by atoms with Gasteiger partial charge in [-0.1, -0.05) is 0 Å². The third-order valence-electron chi connectivity index (χ3n) is 1.98. The Kier molecular flexibility index (Phi) is 5.96. The van der Waals surface area contributed by atoms with Gasteiger partial charge >= 0.3 is 5.97 Å². The maximum absolute atomic E-state index is 11.7. The van der Waals surface area contributed by atoms with E-state index in [0.717, 1.165) is 0 Å². The van der Waals surface area contributed by atoms with E-state index in [9.17, 15) is 4.79 Å². The molecule has 99 valence electrons. The fourth-order valence-corrected chi connectivity index (χ4v) is 1.23. The molecule has 0 bridgehead atoms. The predicted octanol–water partition coefficient (Wildman–Crippen LogP) is 1.24. The van der Waals surface area contributed by atoms with Crippen molar-refractivity contribution >= 4 is 5.97 Å². The van der Waals surface area contributed by atoms with Crippen LogP contribution in [0.2, 0.25) is 0 Å². The van der Waals surface area contributed by atoms with Crippen molar-refractivity contribution in [1.82, 2.24) is 0 Å². The predicted molar refractivity (Wildman–Crippen MR) is 61.6 cm³/mol. The van der Waals surface area contributed by atoms with Crippen molar-refractivity contribution in [2.75, 3.05) is 34.9 Å². The molecule has 0 heterocycles. The Balaban J connectivity index is 3.04. The molecule has 6 heteroatoms. The molecule has 1 aromatic rings. The fourth-order valence-electron chi connectivity index (χ4n) is 1.23. The molecule has 0 atom stereocenters. The number of ether oxygens (including phenoxy) is 5. The van der Waals surface area contributed by atoms with E-state index in [1.807, 2.05) is 0 Å². The first-order valence-electron chi connectivity index (χ1n) is 5.10. The molecule has 0 N–H and O–H groups in total. The summed E-state index contributed by atoms with van der Waals surface area (Å²) in [5.74, 6) is -0.0178. The van der Waals surface area contributed by atoms with Gasteiger partial charge in [-0.3, -0.25) is 0 Å². The van der Waals surface area contributed by atoms with Gasteiger partial charge in [0.15, 0.2) is 13.6 Å². The van der Waals surface area contributed by atoms with Gasteiger partial charge in [-0.05, 0) is 18.2 Å². The second-order valence-electron chi connectivity index (χ2n) is 3.15. The lowest BCUT2D eigenvalue weighted by molar-refractivity contribution is 0.0398. The highest BCUT2D eigenvalue weighted by Crippen LogP contribution is 2.29. The largest absolute Gasteiger partial charge is 0.466 e. The van der Waals surface area contributed by atoms with E-state index in [1.165, 1.54) is 33.5 Å². The highest BCUT2D eigenvalue weighted by atomic mass is 16.7. The van der Waals surface area contributed by atoms with Crippen LogP contribution in [0.3, 0.4) is 0 Å². The molecule has 1 rings (SSSR count). The lowest BCUT2D eigenvalue weighted by Crippen LogP contribution is -2.11. The van der Waals surface area contributed by atoms with Crippen LogP contribution in [0, 0.1) is 6.07 Å². The third-order valence-corrected chi connectivity index (χ3v) is 1.98. The van der Waals surface area contributed by atoms with Crippen molar-refractivity contribution in [3.05, 3.63) is 23.8 Å². The van der Waals surface area contributed by atoms with Crippen LogP contribution in [0.5, 0.6) is 11.5 Å². The molecule has 0 aliphatic rings. The summed E-state index contributed by atoms with van der Waals surface area (Å²) in [6.45, 7) is 0.0110. The van der Waals surface area contributed by atoms with Crippen LogP contribution in [-0.4, -0.2) is 40.9 Å². The number of carbonyl (C=O) groups is 1. The number of methoxy groups -OCH3 is 3. The topological polar surface area (TPSA) is 63.2 Å². The van der Waals surface area contributed by atoms with Crippen LogP contribution in [0.1, 0.15) is 10.4 Å². The summed E-state index contributed by atoms with van der Waals surface area (Å²) in [5.41, 5.74) is 0.172. The molecule has 0 fully saturated rings. The van der Waals surface area contributed by atoms with Crippen molar-refractivity contribution in [3.8, 4) is 11.5 Å². The Morgan fingerprint density at radius 1 is 1.06 bits per heavy atom. The average molecular weight is 255 g/mol. The van der Waals surface area contributed by atoms with Crippen molar-refractivity contribution < 1.29 is 28.5 Å². The van der Waals surface area contributed by atoms with Crippen LogP contribution in [0.25, 0.3) is 0 Å². The third kappa shape index (κ3) is 3.61. The summed E-state index contributed by atoms with van der Waals surface area (Å²) < 4.78 is 24.8. The molecule has 0 unspecified atom stereocenters. The minimum Gasteiger partial charge on any atom is -0.466 e. The summed E-state index contributed by atoms with van der Waals surface area (Å²) in [6, 6.07) is 5.81. The Morgan fingerprint density at radius 3 is 1.94 bits per heavy atom. The molecule has 6 nitrogen and oxygen atoms in total. The summed E-state index contributed by atoms with van der Waals surface area (Å²) >= 11 is 0. The summed E-state index contributed by atoms with van der Waals surface area (Å²) in [7, 11) is 4.23. The van der Waals surface area contributed by atoms with Crippen molar-refractivity contribution in [2.24, 2.45) is 0 Å². The summed E-state index contributed by atoms with van der Waals surface area (Å²) in [6.07, 6.45) is 0. The number of rotatable bonds is 7. The first kappa shape index (κ1) is 14.3. The van der Waals surface area contributed by atoms with Gasteiger partial charge in [-0.25, -0.2) is 4.79 Å². The van der Waals surface area contributed by atoms with Crippen molar-refractivity contribution in [2.45, 2.75) is 0 Å². The van der Waals surface area contributed by atoms with E-state index in [-0.39, 0.29) is 30.6 Å². The lowest BCUT2D eigenvalue weighted by atomic mass is 10.2. The number of benzene rings is 1. The number of carbonyl (C=O) groups excluding carboxylic acids is 1. The van der Waals surface area contributed by atoms with E-state index in [2.05, 4.69) is 10.8 Å². The quantitative estimate of drug-likeness (QED) is 0.539. The van der Waals surface area contributed by atoms with E-state index in [1.54, 1.807) is 0 Å². The molecule has 1 radical (unpaired) electrons. The zero-order valence-electron chi connectivity index (χ0n) is 10.5. The van der Waals surface area contributed by atoms with Crippen LogP contribution in [0.4, 0.5) is 0 Å². The molecule has 0 amide bonds. The molecular formula is C12H15O6. The highest BCUT2D eigenvalue weighted by Gasteiger charge is 2.19. The Labute approximate surface area is 105 Å². The molecule has 0 saturated heterocycles. The molecule has 0 aliphatic heterocycles. The van der Waals surface area contributed by atoms with Crippen LogP contribution >= 0.6 is 0 Å². The smallest absolute Gasteiger partial charge is 0.345 e. The van der Waals surface area contributed by atoms with E-state index in [0.29, 0.717) is 0 Å². The average Bonchev–Trinajstić information content (AvgIpc) is 2.41. The van der Waals surface area contributed by atoms with Crippen molar-refractivity contribution in [1.29, 1.82) is 0 Å². The molecule has 0 saturated carbocycles. The first-order valence-corrected chi connectivity index (χ1v) is 5.10. The van der Waals surface area contributed by atoms with E-state index in [4.69, 9.17) is 18.9 Å². The van der Waals surface area contributed by atoms with Gasteiger partial charge in [0.2, 0.25) is 0 Å². The molecule has 18 heavy (non-hydrogen) atoms. The molecule has 0 spiro atoms. The highest BCUT2D eigenvalue weighted by molar-refractivity contribution is 5.95. The van der Waals surface area contributed by atoms with Gasteiger partial charge in [0, 0.05) is 14.2 Å². The number of esters is 1. The molecule has 1 aromatic carbocycles. The van der Waals surface area contributed by atoms with Crippen LogP contribution < -0.4 is 9.47 Å². The Bertz CT molecular complexity index is 364. The van der Waals surface area contributed by atoms with Crippen molar-refractivity contribution in [3.63, 3.8) is 0 Å². The second kappa shape index (κ2) is 7.52.